The van der Waals surface area contributed by atoms with Crippen molar-refractivity contribution in [2.75, 3.05) is 13.2 Å². The number of unbranched alkanes of at least 4 members (excludes halogenated alkanes) is 20. The van der Waals surface area contributed by atoms with E-state index in [1.807, 2.05) is 0 Å². The van der Waals surface area contributed by atoms with Gasteiger partial charge in [0.2, 0.25) is 0 Å². The van der Waals surface area contributed by atoms with Gasteiger partial charge >= 0.3 is 17.9 Å². The van der Waals surface area contributed by atoms with Gasteiger partial charge in [0.1, 0.15) is 13.2 Å². The number of rotatable bonds is 47. The minimum atomic E-state index is -0.797. The van der Waals surface area contributed by atoms with E-state index in [1.165, 1.54) is 64.2 Å². The second-order valence-electron chi connectivity index (χ2n) is 17.4. The molecule has 0 bridgehead atoms. The number of ether oxygens (including phenoxy) is 3. The third-order valence-electron chi connectivity index (χ3n) is 11.1. The van der Waals surface area contributed by atoms with Gasteiger partial charge in [-0.05, 0) is 96.3 Å². The van der Waals surface area contributed by atoms with Crippen molar-refractivity contribution in [2.45, 2.75) is 245 Å². The fraction of sp³-hybridized carbons (Fsp3) is 0.678. The lowest BCUT2D eigenvalue weighted by Crippen LogP contribution is -2.30. The predicted octanol–water partition coefficient (Wildman–Crippen LogP) is 17.8. The van der Waals surface area contributed by atoms with Gasteiger partial charge in [0.05, 0.1) is 0 Å². The van der Waals surface area contributed by atoms with Crippen LogP contribution in [0.1, 0.15) is 239 Å². The molecule has 65 heavy (non-hydrogen) atoms. The molecule has 0 aromatic heterocycles. The quantitative estimate of drug-likeness (QED) is 0.0262. The molecule has 0 saturated carbocycles. The fourth-order valence-electron chi connectivity index (χ4n) is 7.13. The van der Waals surface area contributed by atoms with Gasteiger partial charge in [0.25, 0.3) is 0 Å². The first-order chi connectivity index (χ1) is 32.0. The Labute approximate surface area is 400 Å². The minimum absolute atomic E-state index is 0.0966. The molecule has 1 atom stereocenters. The molecule has 0 amide bonds. The van der Waals surface area contributed by atoms with E-state index < -0.39 is 6.10 Å². The monoisotopic (exact) mass is 903 g/mol. The molecule has 6 nitrogen and oxygen atoms in total. The van der Waals surface area contributed by atoms with Gasteiger partial charge in [-0.2, -0.15) is 0 Å². The number of carbonyl (C=O) groups is 3. The molecule has 6 heteroatoms. The molecule has 0 aliphatic heterocycles. The van der Waals surface area contributed by atoms with Crippen LogP contribution in [0.4, 0.5) is 0 Å². The zero-order valence-electron chi connectivity index (χ0n) is 42.2. The molecule has 370 valence electrons. The highest BCUT2D eigenvalue weighted by Gasteiger charge is 2.19. The number of esters is 3. The van der Waals surface area contributed by atoms with Crippen molar-refractivity contribution in [1.82, 2.24) is 0 Å². The second-order valence-corrected chi connectivity index (χ2v) is 17.4. The third kappa shape index (κ3) is 51.2. The van der Waals surface area contributed by atoms with Crippen LogP contribution >= 0.6 is 0 Å². The third-order valence-corrected chi connectivity index (χ3v) is 11.1. The Kier molecular flexibility index (Phi) is 50.0. The van der Waals surface area contributed by atoms with Crippen LogP contribution in [-0.2, 0) is 28.6 Å². The molecule has 0 N–H and O–H groups in total. The van der Waals surface area contributed by atoms with Gasteiger partial charge in [-0.3, -0.25) is 14.4 Å². The highest BCUT2D eigenvalue weighted by molar-refractivity contribution is 5.71. The van der Waals surface area contributed by atoms with Crippen molar-refractivity contribution in [3.8, 4) is 0 Å². The smallest absolute Gasteiger partial charge is 0.306 e. The van der Waals surface area contributed by atoms with E-state index >= 15 is 0 Å². The normalized spacial score (nSPS) is 12.8. The molecule has 0 saturated heterocycles. The van der Waals surface area contributed by atoms with Crippen LogP contribution in [-0.4, -0.2) is 37.2 Å². The van der Waals surface area contributed by atoms with Gasteiger partial charge in [-0.15, -0.1) is 0 Å². The molecule has 0 rings (SSSR count). The number of hydrogen-bond acceptors (Lipinski definition) is 6. The van der Waals surface area contributed by atoms with E-state index in [0.29, 0.717) is 19.3 Å². The Morgan fingerprint density at radius 2 is 0.600 bits per heavy atom. The largest absolute Gasteiger partial charge is 0.462 e. The molecule has 0 aliphatic rings. The summed E-state index contributed by atoms with van der Waals surface area (Å²) in [6.45, 7) is 6.37. The van der Waals surface area contributed by atoms with E-state index in [0.717, 1.165) is 135 Å². The van der Waals surface area contributed by atoms with Crippen LogP contribution in [0.5, 0.6) is 0 Å². The summed E-state index contributed by atoms with van der Waals surface area (Å²) in [7, 11) is 0. The van der Waals surface area contributed by atoms with Gasteiger partial charge in [0.15, 0.2) is 6.10 Å². The fourth-order valence-corrected chi connectivity index (χ4v) is 7.13. The first kappa shape index (κ1) is 61.3. The molecule has 0 fully saturated rings. The van der Waals surface area contributed by atoms with Gasteiger partial charge in [-0.25, -0.2) is 0 Å². The summed E-state index contributed by atoms with van der Waals surface area (Å²) in [6.07, 6.45) is 69.6. The Bertz CT molecular complexity index is 1310. The maximum absolute atomic E-state index is 12.8. The average Bonchev–Trinajstić information content (AvgIpc) is 3.30. The summed E-state index contributed by atoms with van der Waals surface area (Å²) in [6, 6.07) is 0. The van der Waals surface area contributed by atoms with Crippen molar-refractivity contribution < 1.29 is 28.6 Å². The van der Waals surface area contributed by atoms with Crippen LogP contribution in [0, 0.1) is 0 Å². The molecule has 0 aromatic carbocycles. The highest BCUT2D eigenvalue weighted by Crippen LogP contribution is 2.15. The molecule has 0 aliphatic carbocycles. The van der Waals surface area contributed by atoms with E-state index in [-0.39, 0.29) is 31.1 Å². The van der Waals surface area contributed by atoms with Crippen LogP contribution in [0.15, 0.2) is 97.2 Å². The van der Waals surface area contributed by atoms with Crippen molar-refractivity contribution in [3.63, 3.8) is 0 Å². The standard InChI is InChI=1S/C59H98O6/c1-4-7-10-13-16-19-22-25-27-28-29-30-32-35-37-40-43-46-49-52-58(61)64-55-56(65-59(62)53-50-47-44-41-38-33-24-21-18-15-12-9-6-3)54-63-57(60)51-48-45-42-39-36-34-31-26-23-20-17-14-11-8-5-2/h7-8,10-11,16-17,19-20,25-27,29-31,35,37,56H,4-6,9,12-15,18,21-24,28,32-34,36,38-55H2,1-3H3/b10-7-,11-8-,19-16-,20-17-,27-25-,30-29-,31-26-,37-35-/t56-/m0/s1. The van der Waals surface area contributed by atoms with Crippen molar-refractivity contribution >= 4 is 17.9 Å². The van der Waals surface area contributed by atoms with E-state index in [9.17, 15) is 14.4 Å². The Hall–Kier alpha value is -3.67. The zero-order chi connectivity index (χ0) is 47.2. The maximum atomic E-state index is 12.8. The highest BCUT2D eigenvalue weighted by atomic mass is 16.6. The Morgan fingerprint density at radius 1 is 0.323 bits per heavy atom. The first-order valence-corrected chi connectivity index (χ1v) is 26.7. The van der Waals surface area contributed by atoms with Crippen molar-refractivity contribution in [3.05, 3.63) is 97.2 Å². The molecule has 0 aromatic rings. The summed E-state index contributed by atoms with van der Waals surface area (Å²) >= 11 is 0. The van der Waals surface area contributed by atoms with Crippen LogP contribution in [0.3, 0.4) is 0 Å². The SMILES string of the molecule is CC/C=C\C/C=C\C/C=C\C/C=C\C/C=C\CCCCCC(=O)OC[C@H](COC(=O)CCCCCCC/C=C\C/C=C\C/C=C\CC)OC(=O)CCCCCCCCCCCCCCC. The van der Waals surface area contributed by atoms with E-state index in [4.69, 9.17) is 14.2 Å². The second kappa shape index (κ2) is 52.9. The average molecular weight is 903 g/mol. The van der Waals surface area contributed by atoms with E-state index in [2.05, 4.69) is 118 Å². The Balaban J connectivity index is 4.46. The lowest BCUT2D eigenvalue weighted by molar-refractivity contribution is -0.167. The summed E-state index contributed by atoms with van der Waals surface area (Å²) in [5.41, 5.74) is 0. The lowest BCUT2D eigenvalue weighted by Gasteiger charge is -2.18. The van der Waals surface area contributed by atoms with E-state index in [1.54, 1.807) is 0 Å². The number of hydrogen-bond donors (Lipinski definition) is 0. The molecular formula is C59H98O6. The summed E-state index contributed by atoms with van der Waals surface area (Å²) in [5.74, 6) is -0.944. The Morgan fingerprint density at radius 3 is 0.954 bits per heavy atom. The molecule has 0 spiro atoms. The predicted molar refractivity (Wildman–Crippen MR) is 279 cm³/mol. The molecule has 0 unspecified atom stereocenters. The first-order valence-electron chi connectivity index (χ1n) is 26.7. The lowest BCUT2D eigenvalue weighted by atomic mass is 10.0. The minimum Gasteiger partial charge on any atom is -0.462 e. The molecular weight excluding hydrogens is 805 g/mol. The van der Waals surface area contributed by atoms with Crippen LogP contribution < -0.4 is 0 Å². The van der Waals surface area contributed by atoms with Gasteiger partial charge in [-0.1, -0.05) is 221 Å². The van der Waals surface area contributed by atoms with Crippen molar-refractivity contribution in [1.29, 1.82) is 0 Å². The summed E-state index contributed by atoms with van der Waals surface area (Å²) in [4.78, 5) is 38.0. The number of carbonyl (C=O) groups excluding carboxylic acids is 3. The van der Waals surface area contributed by atoms with Crippen molar-refractivity contribution in [2.24, 2.45) is 0 Å². The maximum Gasteiger partial charge on any atom is 0.306 e. The van der Waals surface area contributed by atoms with Crippen LogP contribution in [0.2, 0.25) is 0 Å². The summed E-state index contributed by atoms with van der Waals surface area (Å²) < 4.78 is 16.8. The van der Waals surface area contributed by atoms with Crippen LogP contribution in [0.25, 0.3) is 0 Å². The van der Waals surface area contributed by atoms with Gasteiger partial charge < -0.3 is 14.2 Å². The molecule has 0 heterocycles. The number of allylic oxidation sites excluding steroid dienone is 16. The topological polar surface area (TPSA) is 78.9 Å². The zero-order valence-corrected chi connectivity index (χ0v) is 42.2. The summed E-state index contributed by atoms with van der Waals surface area (Å²) in [5, 5.41) is 0. The van der Waals surface area contributed by atoms with Gasteiger partial charge in [0, 0.05) is 19.3 Å². The molecule has 0 radical (unpaired) electrons.